The van der Waals surface area contributed by atoms with Crippen LogP contribution in [0.4, 0.5) is 10.5 Å². The molecule has 5 nitrogen and oxygen atoms in total. The zero-order chi connectivity index (χ0) is 14.5. The highest BCUT2D eigenvalue weighted by Crippen LogP contribution is 2.27. The summed E-state index contributed by atoms with van der Waals surface area (Å²) in [5.41, 5.74) is 2.14. The standard InChI is InChI=1S/C15H20N2O3/c1-11(2)20-14(18)7-9-16-15(19)17-10-8-12-5-3-4-6-13(12)17/h3-6,11H,7-10H2,1-2H3,(H,16,19). The Morgan fingerprint density at radius 3 is 2.85 bits per heavy atom. The van der Waals surface area contributed by atoms with Crippen molar-refractivity contribution in [3.8, 4) is 0 Å². The van der Waals surface area contributed by atoms with E-state index in [-0.39, 0.29) is 24.5 Å². The van der Waals surface area contributed by atoms with E-state index in [2.05, 4.69) is 5.32 Å². The number of esters is 1. The number of urea groups is 1. The zero-order valence-electron chi connectivity index (χ0n) is 11.9. The third-order valence-electron chi connectivity index (χ3n) is 3.10. The molecular weight excluding hydrogens is 256 g/mol. The molecule has 1 aromatic rings. The average Bonchev–Trinajstić information content (AvgIpc) is 2.81. The molecule has 0 aromatic heterocycles. The normalized spacial score (nSPS) is 13.2. The van der Waals surface area contributed by atoms with E-state index in [1.165, 1.54) is 5.56 Å². The van der Waals surface area contributed by atoms with Crippen molar-refractivity contribution in [3.63, 3.8) is 0 Å². The van der Waals surface area contributed by atoms with E-state index in [9.17, 15) is 9.59 Å². The molecule has 0 aliphatic carbocycles. The monoisotopic (exact) mass is 276 g/mol. The van der Waals surface area contributed by atoms with Gasteiger partial charge in [-0.15, -0.1) is 0 Å². The third kappa shape index (κ3) is 3.50. The maximum absolute atomic E-state index is 12.1. The van der Waals surface area contributed by atoms with Gasteiger partial charge < -0.3 is 10.1 Å². The molecule has 1 aromatic carbocycles. The van der Waals surface area contributed by atoms with E-state index < -0.39 is 0 Å². The number of amides is 2. The van der Waals surface area contributed by atoms with Crippen LogP contribution in [0.3, 0.4) is 0 Å². The number of rotatable bonds is 4. The quantitative estimate of drug-likeness (QED) is 0.857. The average molecular weight is 276 g/mol. The van der Waals surface area contributed by atoms with Gasteiger partial charge in [0.25, 0.3) is 0 Å². The highest BCUT2D eigenvalue weighted by atomic mass is 16.5. The molecule has 1 N–H and O–H groups in total. The largest absolute Gasteiger partial charge is 0.463 e. The summed E-state index contributed by atoms with van der Waals surface area (Å²) in [6, 6.07) is 7.71. The van der Waals surface area contributed by atoms with Gasteiger partial charge in [-0.1, -0.05) is 18.2 Å². The summed E-state index contributed by atoms with van der Waals surface area (Å²) in [6.45, 7) is 4.58. The topological polar surface area (TPSA) is 58.6 Å². The van der Waals surface area contributed by atoms with Crippen LogP contribution in [0.15, 0.2) is 24.3 Å². The number of benzene rings is 1. The highest BCUT2D eigenvalue weighted by Gasteiger charge is 2.23. The van der Waals surface area contributed by atoms with E-state index >= 15 is 0 Å². The van der Waals surface area contributed by atoms with Gasteiger partial charge in [0, 0.05) is 18.8 Å². The second-order valence-electron chi connectivity index (χ2n) is 5.05. The van der Waals surface area contributed by atoms with Crippen molar-refractivity contribution in [3.05, 3.63) is 29.8 Å². The molecule has 1 aliphatic rings. The molecule has 0 spiro atoms. The minimum absolute atomic E-state index is 0.122. The van der Waals surface area contributed by atoms with Crippen molar-refractivity contribution in [2.24, 2.45) is 0 Å². The predicted octanol–water partition coefficient (Wildman–Crippen LogP) is 2.10. The molecule has 0 saturated carbocycles. The van der Waals surface area contributed by atoms with E-state index in [0.29, 0.717) is 13.1 Å². The fourth-order valence-electron chi connectivity index (χ4n) is 2.24. The lowest BCUT2D eigenvalue weighted by Gasteiger charge is -2.18. The number of nitrogens with one attached hydrogen (secondary N) is 1. The molecule has 0 atom stereocenters. The predicted molar refractivity (Wildman–Crippen MR) is 76.7 cm³/mol. The van der Waals surface area contributed by atoms with Crippen LogP contribution in [-0.2, 0) is 16.0 Å². The molecule has 5 heteroatoms. The molecule has 0 bridgehead atoms. The molecule has 0 unspecified atom stereocenters. The van der Waals surface area contributed by atoms with Crippen LogP contribution in [0.5, 0.6) is 0 Å². The lowest BCUT2D eigenvalue weighted by molar-refractivity contribution is -0.147. The van der Waals surface area contributed by atoms with E-state index in [0.717, 1.165) is 12.1 Å². The van der Waals surface area contributed by atoms with Crippen LogP contribution in [0, 0.1) is 0 Å². The highest BCUT2D eigenvalue weighted by molar-refractivity contribution is 5.94. The van der Waals surface area contributed by atoms with Crippen molar-refractivity contribution < 1.29 is 14.3 Å². The van der Waals surface area contributed by atoms with Crippen molar-refractivity contribution in [2.75, 3.05) is 18.0 Å². The van der Waals surface area contributed by atoms with Gasteiger partial charge >= 0.3 is 12.0 Å². The first-order valence-electron chi connectivity index (χ1n) is 6.90. The van der Waals surface area contributed by atoms with E-state index in [1.807, 2.05) is 24.3 Å². The molecule has 0 radical (unpaired) electrons. The molecule has 2 rings (SSSR count). The third-order valence-corrected chi connectivity index (χ3v) is 3.10. The first-order chi connectivity index (χ1) is 9.58. The SMILES string of the molecule is CC(C)OC(=O)CCNC(=O)N1CCc2ccccc21. The van der Waals surface area contributed by atoms with Crippen molar-refractivity contribution in [1.29, 1.82) is 0 Å². The second kappa shape index (κ2) is 6.41. The van der Waals surface area contributed by atoms with Gasteiger partial charge in [-0.25, -0.2) is 4.79 Å². The Bertz CT molecular complexity index is 500. The Balaban J connectivity index is 1.81. The lowest BCUT2D eigenvalue weighted by Crippen LogP contribution is -2.40. The summed E-state index contributed by atoms with van der Waals surface area (Å²) >= 11 is 0. The summed E-state index contributed by atoms with van der Waals surface area (Å²) < 4.78 is 5.01. The molecular formula is C15H20N2O3. The van der Waals surface area contributed by atoms with Crippen molar-refractivity contribution in [1.82, 2.24) is 5.32 Å². The Morgan fingerprint density at radius 2 is 2.10 bits per heavy atom. The second-order valence-corrected chi connectivity index (χ2v) is 5.05. The smallest absolute Gasteiger partial charge is 0.321 e. The Morgan fingerprint density at radius 1 is 1.35 bits per heavy atom. The number of carbonyl (C=O) groups is 2. The number of carbonyl (C=O) groups excluding carboxylic acids is 2. The van der Waals surface area contributed by atoms with Crippen LogP contribution in [0.25, 0.3) is 0 Å². The van der Waals surface area contributed by atoms with Gasteiger partial charge in [0.15, 0.2) is 0 Å². The van der Waals surface area contributed by atoms with Crippen LogP contribution >= 0.6 is 0 Å². The zero-order valence-corrected chi connectivity index (χ0v) is 11.9. The fraction of sp³-hybridized carbons (Fsp3) is 0.467. The van der Waals surface area contributed by atoms with Crippen LogP contribution in [0.2, 0.25) is 0 Å². The van der Waals surface area contributed by atoms with E-state index in [4.69, 9.17) is 4.74 Å². The maximum Gasteiger partial charge on any atom is 0.321 e. The van der Waals surface area contributed by atoms with Crippen molar-refractivity contribution >= 4 is 17.7 Å². The minimum atomic E-state index is -0.290. The minimum Gasteiger partial charge on any atom is -0.463 e. The summed E-state index contributed by atoms with van der Waals surface area (Å²) in [5, 5.41) is 2.76. The molecule has 108 valence electrons. The van der Waals surface area contributed by atoms with Gasteiger partial charge in [0.05, 0.1) is 12.5 Å². The summed E-state index contributed by atoms with van der Waals surface area (Å²) in [5.74, 6) is -0.290. The number of para-hydroxylation sites is 1. The number of hydrogen-bond acceptors (Lipinski definition) is 3. The van der Waals surface area contributed by atoms with Gasteiger partial charge in [-0.05, 0) is 31.9 Å². The fourth-order valence-corrected chi connectivity index (χ4v) is 2.24. The Labute approximate surface area is 118 Å². The van der Waals surface area contributed by atoms with Crippen molar-refractivity contribution in [2.45, 2.75) is 32.8 Å². The van der Waals surface area contributed by atoms with Gasteiger partial charge in [-0.2, -0.15) is 0 Å². The molecule has 0 saturated heterocycles. The Hall–Kier alpha value is -2.04. The lowest BCUT2D eigenvalue weighted by atomic mass is 10.2. The molecule has 1 aliphatic heterocycles. The number of anilines is 1. The molecule has 0 fully saturated rings. The number of hydrogen-bond donors (Lipinski definition) is 1. The Kier molecular flexibility index (Phi) is 4.61. The number of ether oxygens (including phenoxy) is 1. The maximum atomic E-state index is 12.1. The summed E-state index contributed by atoms with van der Waals surface area (Å²) in [6.07, 6.45) is 0.946. The van der Waals surface area contributed by atoms with Crippen LogP contribution in [-0.4, -0.2) is 31.2 Å². The first kappa shape index (κ1) is 14.4. The van der Waals surface area contributed by atoms with Gasteiger partial charge in [0.2, 0.25) is 0 Å². The summed E-state index contributed by atoms with van der Waals surface area (Å²) in [7, 11) is 0. The van der Waals surface area contributed by atoms with E-state index in [1.54, 1.807) is 18.7 Å². The molecule has 20 heavy (non-hydrogen) atoms. The first-order valence-corrected chi connectivity index (χ1v) is 6.90. The number of nitrogens with zero attached hydrogens (tertiary/aromatic N) is 1. The van der Waals surface area contributed by atoms with Crippen LogP contribution in [0.1, 0.15) is 25.8 Å². The summed E-state index contributed by atoms with van der Waals surface area (Å²) in [4.78, 5) is 25.2. The molecule has 2 amide bonds. The van der Waals surface area contributed by atoms with Crippen LogP contribution < -0.4 is 10.2 Å². The van der Waals surface area contributed by atoms with Gasteiger partial charge in [-0.3, -0.25) is 9.69 Å². The molecule has 1 heterocycles. The number of fused-ring (bicyclic) bond motifs is 1. The van der Waals surface area contributed by atoms with Gasteiger partial charge in [0.1, 0.15) is 0 Å².